The van der Waals surface area contributed by atoms with Crippen LogP contribution in [-0.4, -0.2) is 17.0 Å². The standard InChI is InChI=1S/C13H17NO4/c1-8-5-6-9(18-8)7-14-12(15)10-3-2-4-11(10)13(16)17/h5-6,10-11H,2-4,7H2,1H3,(H,14,15)(H,16,17). The van der Waals surface area contributed by atoms with Crippen molar-refractivity contribution >= 4 is 11.9 Å². The number of amides is 1. The molecule has 98 valence electrons. The summed E-state index contributed by atoms with van der Waals surface area (Å²) in [5.41, 5.74) is 0. The normalized spacial score (nSPS) is 22.9. The Morgan fingerprint density at radius 3 is 2.72 bits per heavy atom. The monoisotopic (exact) mass is 251 g/mol. The first-order valence-electron chi connectivity index (χ1n) is 6.14. The van der Waals surface area contributed by atoms with Gasteiger partial charge >= 0.3 is 5.97 Å². The van der Waals surface area contributed by atoms with Crippen LogP contribution in [0.25, 0.3) is 0 Å². The minimum absolute atomic E-state index is 0.186. The molecule has 1 amide bonds. The zero-order valence-corrected chi connectivity index (χ0v) is 10.3. The topological polar surface area (TPSA) is 79.5 Å². The van der Waals surface area contributed by atoms with Crippen LogP contribution in [0.1, 0.15) is 30.8 Å². The zero-order chi connectivity index (χ0) is 13.1. The lowest BCUT2D eigenvalue weighted by Crippen LogP contribution is -2.34. The lowest BCUT2D eigenvalue weighted by Gasteiger charge is -2.14. The molecular weight excluding hydrogens is 234 g/mol. The highest BCUT2D eigenvalue weighted by molar-refractivity contribution is 5.85. The molecule has 0 radical (unpaired) electrons. The molecule has 5 heteroatoms. The van der Waals surface area contributed by atoms with E-state index < -0.39 is 17.8 Å². The van der Waals surface area contributed by atoms with Gasteiger partial charge in [0.2, 0.25) is 5.91 Å². The maximum Gasteiger partial charge on any atom is 0.307 e. The Balaban J connectivity index is 1.89. The quantitative estimate of drug-likeness (QED) is 0.853. The molecule has 1 aromatic rings. The SMILES string of the molecule is Cc1ccc(CNC(=O)C2CCCC2C(=O)O)o1. The molecule has 1 saturated carbocycles. The summed E-state index contributed by atoms with van der Waals surface area (Å²) in [4.78, 5) is 22.9. The number of rotatable bonds is 4. The van der Waals surface area contributed by atoms with Gasteiger partial charge in [0, 0.05) is 0 Å². The molecule has 0 aliphatic heterocycles. The highest BCUT2D eigenvalue weighted by atomic mass is 16.4. The average Bonchev–Trinajstić information content (AvgIpc) is 2.94. The minimum Gasteiger partial charge on any atom is -0.481 e. The van der Waals surface area contributed by atoms with Crippen molar-refractivity contribution in [2.45, 2.75) is 32.7 Å². The number of hydrogen-bond donors (Lipinski definition) is 2. The molecule has 2 atom stereocenters. The van der Waals surface area contributed by atoms with E-state index in [9.17, 15) is 9.59 Å². The molecule has 2 rings (SSSR count). The number of nitrogens with one attached hydrogen (secondary N) is 1. The van der Waals surface area contributed by atoms with Crippen LogP contribution in [0.2, 0.25) is 0 Å². The van der Waals surface area contributed by atoms with Crippen LogP contribution < -0.4 is 5.32 Å². The Kier molecular flexibility index (Phi) is 3.69. The van der Waals surface area contributed by atoms with Gasteiger partial charge < -0.3 is 14.8 Å². The Morgan fingerprint density at radius 1 is 1.39 bits per heavy atom. The van der Waals surface area contributed by atoms with Gasteiger partial charge in [0.1, 0.15) is 11.5 Å². The van der Waals surface area contributed by atoms with E-state index in [0.29, 0.717) is 25.1 Å². The van der Waals surface area contributed by atoms with Crippen LogP contribution in [0, 0.1) is 18.8 Å². The van der Waals surface area contributed by atoms with Crippen LogP contribution >= 0.6 is 0 Å². The van der Waals surface area contributed by atoms with Crippen molar-refractivity contribution in [1.82, 2.24) is 5.32 Å². The van der Waals surface area contributed by atoms with Crippen molar-refractivity contribution in [2.24, 2.45) is 11.8 Å². The first kappa shape index (κ1) is 12.7. The van der Waals surface area contributed by atoms with Gasteiger partial charge in [-0.15, -0.1) is 0 Å². The van der Waals surface area contributed by atoms with Crippen LogP contribution in [0.15, 0.2) is 16.5 Å². The maximum absolute atomic E-state index is 11.9. The Labute approximate surface area is 105 Å². The lowest BCUT2D eigenvalue weighted by atomic mass is 9.95. The van der Waals surface area contributed by atoms with E-state index in [1.54, 1.807) is 6.07 Å². The summed E-state index contributed by atoms with van der Waals surface area (Å²) in [6.45, 7) is 2.15. The van der Waals surface area contributed by atoms with Crippen molar-refractivity contribution in [1.29, 1.82) is 0 Å². The molecule has 2 unspecified atom stereocenters. The molecule has 1 aliphatic rings. The summed E-state index contributed by atoms with van der Waals surface area (Å²) in [6, 6.07) is 3.63. The Bertz CT molecular complexity index is 452. The predicted molar refractivity (Wildman–Crippen MR) is 63.8 cm³/mol. The van der Waals surface area contributed by atoms with Crippen LogP contribution in [0.3, 0.4) is 0 Å². The number of aliphatic carboxylic acids is 1. The molecule has 0 aromatic carbocycles. The van der Waals surface area contributed by atoms with Crippen LogP contribution in [0.4, 0.5) is 0 Å². The lowest BCUT2D eigenvalue weighted by molar-refractivity contribution is -0.146. The molecular formula is C13H17NO4. The van der Waals surface area contributed by atoms with Crippen molar-refractivity contribution in [2.75, 3.05) is 0 Å². The Hall–Kier alpha value is -1.78. The highest BCUT2D eigenvalue weighted by Gasteiger charge is 2.37. The third-order valence-corrected chi connectivity index (χ3v) is 3.40. The van der Waals surface area contributed by atoms with Crippen molar-refractivity contribution < 1.29 is 19.1 Å². The van der Waals surface area contributed by atoms with E-state index in [1.165, 1.54) is 0 Å². The molecule has 5 nitrogen and oxygen atoms in total. The average molecular weight is 251 g/mol. The molecule has 2 N–H and O–H groups in total. The first-order chi connectivity index (χ1) is 8.58. The van der Waals surface area contributed by atoms with Gasteiger partial charge in [-0.1, -0.05) is 6.42 Å². The fraction of sp³-hybridized carbons (Fsp3) is 0.538. The van der Waals surface area contributed by atoms with Gasteiger partial charge in [0.05, 0.1) is 18.4 Å². The molecule has 1 fully saturated rings. The smallest absolute Gasteiger partial charge is 0.307 e. The van der Waals surface area contributed by atoms with Gasteiger partial charge in [-0.05, 0) is 31.9 Å². The van der Waals surface area contributed by atoms with Crippen molar-refractivity contribution in [3.63, 3.8) is 0 Å². The second-order valence-corrected chi connectivity index (χ2v) is 4.71. The largest absolute Gasteiger partial charge is 0.481 e. The fourth-order valence-electron chi connectivity index (χ4n) is 2.45. The summed E-state index contributed by atoms with van der Waals surface area (Å²) in [7, 11) is 0. The number of carbonyl (C=O) groups is 2. The van der Waals surface area contributed by atoms with E-state index in [1.807, 2.05) is 13.0 Å². The molecule has 1 aromatic heterocycles. The Morgan fingerprint density at radius 2 is 2.11 bits per heavy atom. The maximum atomic E-state index is 11.9. The number of carboxylic acids is 1. The third-order valence-electron chi connectivity index (χ3n) is 3.40. The highest BCUT2D eigenvalue weighted by Crippen LogP contribution is 2.32. The van der Waals surface area contributed by atoms with Gasteiger partial charge in [-0.3, -0.25) is 9.59 Å². The minimum atomic E-state index is -0.874. The summed E-state index contributed by atoms with van der Waals surface area (Å²) in [5.74, 6) is -0.522. The molecule has 1 heterocycles. The molecule has 1 aliphatic carbocycles. The van der Waals surface area contributed by atoms with Crippen LogP contribution in [0.5, 0.6) is 0 Å². The molecule has 18 heavy (non-hydrogen) atoms. The summed E-state index contributed by atoms with van der Waals surface area (Å²) in [5, 5.41) is 11.8. The number of aryl methyl sites for hydroxylation is 1. The van der Waals surface area contributed by atoms with E-state index in [-0.39, 0.29) is 5.91 Å². The van der Waals surface area contributed by atoms with Gasteiger partial charge in [0.25, 0.3) is 0 Å². The first-order valence-corrected chi connectivity index (χ1v) is 6.14. The third kappa shape index (κ3) is 2.72. The molecule has 0 spiro atoms. The summed E-state index contributed by atoms with van der Waals surface area (Å²) < 4.78 is 5.34. The number of carbonyl (C=O) groups excluding carboxylic acids is 1. The van der Waals surface area contributed by atoms with Crippen molar-refractivity contribution in [3.05, 3.63) is 23.7 Å². The van der Waals surface area contributed by atoms with E-state index in [0.717, 1.165) is 12.2 Å². The predicted octanol–water partition coefficient (Wildman–Crippen LogP) is 1.71. The zero-order valence-electron chi connectivity index (χ0n) is 10.3. The number of furan rings is 1. The van der Waals surface area contributed by atoms with Crippen LogP contribution in [-0.2, 0) is 16.1 Å². The molecule has 0 saturated heterocycles. The van der Waals surface area contributed by atoms with Gasteiger partial charge in [-0.25, -0.2) is 0 Å². The second-order valence-electron chi connectivity index (χ2n) is 4.71. The molecule has 0 bridgehead atoms. The summed E-state index contributed by atoms with van der Waals surface area (Å²) >= 11 is 0. The second kappa shape index (κ2) is 5.25. The fourth-order valence-corrected chi connectivity index (χ4v) is 2.45. The van der Waals surface area contributed by atoms with Crippen molar-refractivity contribution in [3.8, 4) is 0 Å². The van der Waals surface area contributed by atoms with Gasteiger partial charge in [-0.2, -0.15) is 0 Å². The van der Waals surface area contributed by atoms with Gasteiger partial charge in [0.15, 0.2) is 0 Å². The summed E-state index contributed by atoms with van der Waals surface area (Å²) in [6.07, 6.45) is 2.04. The number of hydrogen-bond acceptors (Lipinski definition) is 3. The van der Waals surface area contributed by atoms with E-state index in [2.05, 4.69) is 5.32 Å². The number of carboxylic acid groups (broad SMARTS) is 1. The van der Waals surface area contributed by atoms with E-state index >= 15 is 0 Å². The van der Waals surface area contributed by atoms with E-state index in [4.69, 9.17) is 9.52 Å².